The van der Waals surface area contributed by atoms with Gasteiger partial charge in [0.25, 0.3) is 0 Å². The second-order valence-corrected chi connectivity index (χ2v) is 4.94. The van der Waals surface area contributed by atoms with Crippen LogP contribution in [0.1, 0.15) is 34.9 Å². The van der Waals surface area contributed by atoms with Crippen molar-refractivity contribution in [3.63, 3.8) is 0 Å². The Balaban J connectivity index is 1.89. The predicted octanol–water partition coefficient (Wildman–Crippen LogP) is 3.04. The summed E-state index contributed by atoms with van der Waals surface area (Å²) in [6.45, 7) is 3.92. The second-order valence-electron chi connectivity index (χ2n) is 4.94. The van der Waals surface area contributed by atoms with Gasteiger partial charge in [-0.3, -0.25) is 5.43 Å². The van der Waals surface area contributed by atoms with E-state index in [9.17, 15) is 5.11 Å². The minimum absolute atomic E-state index is 0.0465. The lowest BCUT2D eigenvalue weighted by atomic mass is 9.98. The van der Waals surface area contributed by atoms with Crippen molar-refractivity contribution in [3.8, 4) is 5.75 Å². The number of aryl methyl sites for hydroxylation is 2. The van der Waals surface area contributed by atoms with Crippen LogP contribution in [0.5, 0.6) is 5.75 Å². The minimum Gasteiger partial charge on any atom is -0.507 e. The van der Waals surface area contributed by atoms with Crippen molar-refractivity contribution >= 4 is 5.71 Å². The van der Waals surface area contributed by atoms with E-state index in [1.165, 1.54) is 0 Å². The lowest BCUT2D eigenvalue weighted by Crippen LogP contribution is -2.08. The summed E-state index contributed by atoms with van der Waals surface area (Å²) in [6.07, 6.45) is 2.37. The summed E-state index contributed by atoms with van der Waals surface area (Å²) in [5.74, 6) is 1.17. The molecule has 1 aromatic heterocycles. The zero-order valence-corrected chi connectivity index (χ0v) is 11.0. The van der Waals surface area contributed by atoms with Gasteiger partial charge in [0, 0.05) is 12.0 Å². The molecule has 0 saturated carbocycles. The second kappa shape index (κ2) is 4.46. The van der Waals surface area contributed by atoms with Gasteiger partial charge in [-0.25, -0.2) is 0 Å². The lowest BCUT2D eigenvalue weighted by Gasteiger charge is -2.09. The molecule has 2 N–H and O–H groups in total. The molecule has 1 aliphatic heterocycles. The average Bonchev–Trinajstić information content (AvgIpc) is 3.03. The summed E-state index contributed by atoms with van der Waals surface area (Å²) in [7, 11) is 0. The first-order valence-electron chi connectivity index (χ1n) is 6.31. The number of nitrogens with zero attached hydrogens (tertiary/aromatic N) is 1. The molecule has 4 nitrogen and oxygen atoms in total. The van der Waals surface area contributed by atoms with Crippen molar-refractivity contribution in [1.29, 1.82) is 0 Å². The summed E-state index contributed by atoms with van der Waals surface area (Å²) in [5.41, 5.74) is 6.72. The molecule has 0 radical (unpaired) electrons. The molecule has 0 aliphatic carbocycles. The SMILES string of the molecule is Cc1cc(C)c(O)c(C2=NN[C@H](c3ccco3)C2)c1. The summed E-state index contributed by atoms with van der Waals surface area (Å²) >= 11 is 0. The van der Waals surface area contributed by atoms with Gasteiger partial charge >= 0.3 is 0 Å². The van der Waals surface area contributed by atoms with Crippen LogP contribution in [-0.4, -0.2) is 10.8 Å². The number of benzene rings is 1. The van der Waals surface area contributed by atoms with Crippen LogP contribution >= 0.6 is 0 Å². The quantitative estimate of drug-likeness (QED) is 0.868. The van der Waals surface area contributed by atoms with Crippen LogP contribution in [0.2, 0.25) is 0 Å². The maximum Gasteiger partial charge on any atom is 0.128 e. The first-order valence-corrected chi connectivity index (χ1v) is 6.31. The largest absolute Gasteiger partial charge is 0.507 e. The van der Waals surface area contributed by atoms with Crippen molar-refractivity contribution in [1.82, 2.24) is 5.43 Å². The van der Waals surface area contributed by atoms with E-state index in [0.717, 1.165) is 28.2 Å². The van der Waals surface area contributed by atoms with Gasteiger partial charge in [-0.15, -0.1) is 0 Å². The highest BCUT2D eigenvalue weighted by atomic mass is 16.3. The van der Waals surface area contributed by atoms with Crippen LogP contribution < -0.4 is 5.43 Å². The van der Waals surface area contributed by atoms with E-state index in [0.29, 0.717) is 12.2 Å². The van der Waals surface area contributed by atoms with Crippen molar-refractivity contribution in [3.05, 3.63) is 53.0 Å². The van der Waals surface area contributed by atoms with Crippen molar-refractivity contribution < 1.29 is 9.52 Å². The van der Waals surface area contributed by atoms with Crippen molar-refractivity contribution in [2.75, 3.05) is 0 Å². The molecule has 19 heavy (non-hydrogen) atoms. The molecule has 1 atom stereocenters. The topological polar surface area (TPSA) is 57.8 Å². The number of hydrazone groups is 1. The molecule has 1 aliphatic rings. The highest BCUT2D eigenvalue weighted by Gasteiger charge is 2.25. The van der Waals surface area contributed by atoms with E-state index in [-0.39, 0.29) is 6.04 Å². The molecule has 0 spiro atoms. The Kier molecular flexibility index (Phi) is 2.78. The van der Waals surface area contributed by atoms with Crippen LogP contribution in [0.4, 0.5) is 0 Å². The van der Waals surface area contributed by atoms with Gasteiger partial charge < -0.3 is 9.52 Å². The van der Waals surface area contributed by atoms with Crippen LogP contribution in [0.25, 0.3) is 0 Å². The Labute approximate surface area is 111 Å². The molecule has 0 amide bonds. The third kappa shape index (κ3) is 2.10. The van der Waals surface area contributed by atoms with Gasteiger partial charge in [-0.1, -0.05) is 6.07 Å². The minimum atomic E-state index is 0.0465. The van der Waals surface area contributed by atoms with E-state index < -0.39 is 0 Å². The number of hydrogen-bond donors (Lipinski definition) is 2. The monoisotopic (exact) mass is 256 g/mol. The van der Waals surface area contributed by atoms with Crippen molar-refractivity contribution in [2.45, 2.75) is 26.3 Å². The predicted molar refractivity (Wildman–Crippen MR) is 73.3 cm³/mol. The molecule has 2 heterocycles. The molecular weight excluding hydrogens is 240 g/mol. The average molecular weight is 256 g/mol. The smallest absolute Gasteiger partial charge is 0.128 e. The van der Waals surface area contributed by atoms with Gasteiger partial charge in [0.15, 0.2) is 0 Å². The zero-order chi connectivity index (χ0) is 13.4. The molecule has 4 heteroatoms. The lowest BCUT2D eigenvalue weighted by molar-refractivity contribution is 0.440. The highest BCUT2D eigenvalue weighted by Crippen LogP contribution is 2.30. The van der Waals surface area contributed by atoms with E-state index in [1.807, 2.05) is 38.1 Å². The molecule has 0 saturated heterocycles. The zero-order valence-electron chi connectivity index (χ0n) is 11.0. The van der Waals surface area contributed by atoms with Crippen LogP contribution in [0, 0.1) is 13.8 Å². The van der Waals surface area contributed by atoms with Crippen LogP contribution in [0.3, 0.4) is 0 Å². The Morgan fingerprint density at radius 2 is 2.21 bits per heavy atom. The molecule has 0 unspecified atom stereocenters. The number of aromatic hydroxyl groups is 1. The van der Waals surface area contributed by atoms with Crippen molar-refractivity contribution in [2.24, 2.45) is 5.10 Å². The number of phenols is 1. The molecule has 0 fully saturated rings. The highest BCUT2D eigenvalue weighted by molar-refractivity contribution is 6.04. The van der Waals surface area contributed by atoms with E-state index in [2.05, 4.69) is 10.5 Å². The molecule has 3 rings (SSSR count). The normalized spacial score (nSPS) is 18.2. The fourth-order valence-electron chi connectivity index (χ4n) is 2.44. The molecule has 0 bridgehead atoms. The standard InChI is InChI=1S/C15H16N2O2/c1-9-6-10(2)15(18)11(7-9)12-8-13(17-16-12)14-4-3-5-19-14/h3-7,13,17-18H,8H2,1-2H3/t13-/m0/s1. The maximum atomic E-state index is 10.2. The Morgan fingerprint density at radius 3 is 2.95 bits per heavy atom. The third-order valence-corrected chi connectivity index (χ3v) is 3.40. The Hall–Kier alpha value is -2.23. The van der Waals surface area contributed by atoms with Crippen LogP contribution in [0.15, 0.2) is 40.0 Å². The van der Waals surface area contributed by atoms with E-state index in [1.54, 1.807) is 6.26 Å². The van der Waals surface area contributed by atoms with Gasteiger partial charge in [-0.05, 0) is 43.2 Å². The fraction of sp³-hybridized carbons (Fsp3) is 0.267. The fourth-order valence-corrected chi connectivity index (χ4v) is 2.44. The summed E-state index contributed by atoms with van der Waals surface area (Å²) in [6, 6.07) is 7.77. The Bertz CT molecular complexity index is 630. The van der Waals surface area contributed by atoms with E-state index in [4.69, 9.17) is 4.42 Å². The first-order chi connectivity index (χ1) is 9.15. The van der Waals surface area contributed by atoms with Gasteiger partial charge in [0.2, 0.25) is 0 Å². The molecule has 1 aromatic carbocycles. The molecule has 98 valence electrons. The molecular formula is C15H16N2O2. The van der Waals surface area contributed by atoms with Gasteiger partial charge in [0.1, 0.15) is 17.6 Å². The van der Waals surface area contributed by atoms with Crippen LogP contribution in [-0.2, 0) is 0 Å². The number of phenolic OH excluding ortho intramolecular Hbond substituents is 1. The Morgan fingerprint density at radius 1 is 1.37 bits per heavy atom. The van der Waals surface area contributed by atoms with E-state index >= 15 is 0 Å². The number of furan rings is 1. The first kappa shape index (κ1) is 11.8. The number of rotatable bonds is 2. The summed E-state index contributed by atoms with van der Waals surface area (Å²) in [4.78, 5) is 0. The number of hydrogen-bond acceptors (Lipinski definition) is 4. The third-order valence-electron chi connectivity index (χ3n) is 3.40. The molecule has 2 aromatic rings. The van der Waals surface area contributed by atoms with Gasteiger partial charge in [-0.2, -0.15) is 5.10 Å². The maximum absolute atomic E-state index is 10.2. The summed E-state index contributed by atoms with van der Waals surface area (Å²) in [5, 5.41) is 14.5. The number of nitrogens with one attached hydrogen (secondary N) is 1. The summed E-state index contributed by atoms with van der Waals surface area (Å²) < 4.78 is 5.38. The van der Waals surface area contributed by atoms with Gasteiger partial charge in [0.05, 0.1) is 12.0 Å².